The van der Waals surface area contributed by atoms with Crippen LogP contribution in [0.2, 0.25) is 0 Å². The lowest BCUT2D eigenvalue weighted by atomic mass is 10.0. The van der Waals surface area contributed by atoms with E-state index in [1.807, 2.05) is 30.3 Å². The highest BCUT2D eigenvalue weighted by atomic mass is 32.2. The molecule has 3 aromatic carbocycles. The molecule has 5 rings (SSSR count). The molecule has 0 spiro atoms. The number of hydrogen-bond acceptors (Lipinski definition) is 7. The van der Waals surface area contributed by atoms with Gasteiger partial charge >= 0.3 is 12.1 Å². The summed E-state index contributed by atoms with van der Waals surface area (Å²) in [6.45, 7) is 4.84. The van der Waals surface area contributed by atoms with E-state index in [1.54, 1.807) is 37.4 Å². The molecular formula is C29H32F3N3O7S. The standard InChI is InChI=1S/C27H31N3O5S.C2HF3O2/c1-34-25-11-12-26(22-9-3-2-8-21(22)25)36(32,33)30-19-23(20-7-4-5-10-24(20)30)27(31)28-13-6-14-29-15-17-35-18-16-29;3-2(4,5)1(6)7/h2-5,7-12,23H,6,13-19H2,1H3,(H,28,31);(H,6,7). The van der Waals surface area contributed by atoms with Crippen LogP contribution in [0, 0.1) is 0 Å². The number of aliphatic carboxylic acids is 1. The molecule has 43 heavy (non-hydrogen) atoms. The van der Waals surface area contributed by atoms with Gasteiger partial charge in [0.05, 0.1) is 43.4 Å². The van der Waals surface area contributed by atoms with Gasteiger partial charge in [-0.2, -0.15) is 13.2 Å². The monoisotopic (exact) mass is 623 g/mol. The van der Waals surface area contributed by atoms with Crippen LogP contribution in [0.25, 0.3) is 10.8 Å². The average molecular weight is 624 g/mol. The molecular weight excluding hydrogens is 591 g/mol. The molecule has 232 valence electrons. The summed E-state index contributed by atoms with van der Waals surface area (Å²) in [5, 5.41) is 11.5. The van der Waals surface area contributed by atoms with Crippen molar-refractivity contribution in [2.45, 2.75) is 23.4 Å². The Hall–Kier alpha value is -3.88. The van der Waals surface area contributed by atoms with Crippen molar-refractivity contribution in [2.24, 2.45) is 0 Å². The highest BCUT2D eigenvalue weighted by Gasteiger charge is 2.40. The summed E-state index contributed by atoms with van der Waals surface area (Å²) in [6.07, 6.45) is -4.25. The van der Waals surface area contributed by atoms with Crippen molar-refractivity contribution in [3.8, 4) is 5.75 Å². The van der Waals surface area contributed by atoms with Crippen LogP contribution in [-0.4, -0.2) is 89.5 Å². The molecule has 2 N–H and O–H groups in total. The van der Waals surface area contributed by atoms with E-state index in [1.165, 1.54) is 4.31 Å². The molecule has 0 saturated carbocycles. The molecule has 0 radical (unpaired) electrons. The molecule has 1 saturated heterocycles. The smallest absolute Gasteiger partial charge is 0.490 e. The number of morpholine rings is 1. The number of carbonyl (C=O) groups is 2. The van der Waals surface area contributed by atoms with Gasteiger partial charge in [-0.15, -0.1) is 0 Å². The summed E-state index contributed by atoms with van der Waals surface area (Å²) in [5.74, 6) is -2.86. The largest absolute Gasteiger partial charge is 0.496 e. The molecule has 3 aromatic rings. The molecule has 1 amide bonds. The molecule has 1 atom stereocenters. The Morgan fingerprint density at radius 1 is 1.02 bits per heavy atom. The Balaban J connectivity index is 0.000000541. The van der Waals surface area contributed by atoms with Gasteiger partial charge in [-0.3, -0.25) is 14.0 Å². The summed E-state index contributed by atoms with van der Waals surface area (Å²) in [7, 11) is -2.36. The van der Waals surface area contributed by atoms with E-state index in [2.05, 4.69) is 10.2 Å². The van der Waals surface area contributed by atoms with Crippen molar-refractivity contribution >= 4 is 38.4 Å². The number of nitrogens with one attached hydrogen (secondary N) is 1. The van der Waals surface area contributed by atoms with Crippen molar-refractivity contribution in [1.82, 2.24) is 10.2 Å². The normalized spacial score (nSPS) is 17.1. The van der Waals surface area contributed by atoms with Crippen molar-refractivity contribution in [2.75, 3.05) is 57.4 Å². The van der Waals surface area contributed by atoms with Gasteiger partial charge in [0.1, 0.15) is 5.75 Å². The molecule has 0 aliphatic carbocycles. The minimum atomic E-state index is -5.08. The first-order chi connectivity index (χ1) is 20.4. The number of rotatable bonds is 8. The van der Waals surface area contributed by atoms with Crippen LogP contribution in [0.1, 0.15) is 17.9 Å². The van der Waals surface area contributed by atoms with Gasteiger partial charge in [0.2, 0.25) is 5.91 Å². The number of sulfonamides is 1. The second-order valence-electron chi connectivity index (χ2n) is 9.86. The summed E-state index contributed by atoms with van der Waals surface area (Å²) in [5.41, 5.74) is 1.27. The Kier molecular flexibility index (Phi) is 10.1. The number of para-hydroxylation sites is 1. The van der Waals surface area contributed by atoms with E-state index >= 15 is 0 Å². The molecule has 0 aromatic heterocycles. The quantitative estimate of drug-likeness (QED) is 0.365. The van der Waals surface area contributed by atoms with Gasteiger partial charge in [0.25, 0.3) is 10.0 Å². The number of halogens is 3. The Morgan fingerprint density at radius 3 is 2.30 bits per heavy atom. The summed E-state index contributed by atoms with van der Waals surface area (Å²) < 4.78 is 71.8. The van der Waals surface area contributed by atoms with Crippen LogP contribution in [0.3, 0.4) is 0 Å². The first-order valence-corrected chi connectivity index (χ1v) is 14.9. The van der Waals surface area contributed by atoms with Gasteiger partial charge in [-0.05, 0) is 36.7 Å². The fraction of sp³-hybridized carbons (Fsp3) is 0.379. The summed E-state index contributed by atoms with van der Waals surface area (Å²) in [4.78, 5) is 24.6. The number of carboxylic acid groups (broad SMARTS) is 1. The first-order valence-electron chi connectivity index (χ1n) is 13.5. The lowest BCUT2D eigenvalue weighted by Crippen LogP contribution is -2.39. The molecule has 1 unspecified atom stereocenters. The number of methoxy groups -OCH3 is 1. The van der Waals surface area contributed by atoms with Crippen LogP contribution in [0.15, 0.2) is 65.6 Å². The van der Waals surface area contributed by atoms with Crippen LogP contribution in [-0.2, 0) is 24.3 Å². The highest BCUT2D eigenvalue weighted by Crippen LogP contribution is 2.41. The third kappa shape index (κ3) is 7.37. The zero-order valence-corrected chi connectivity index (χ0v) is 24.2. The molecule has 14 heteroatoms. The number of anilines is 1. The topological polar surface area (TPSA) is 125 Å². The molecule has 2 aliphatic heterocycles. The van der Waals surface area contributed by atoms with Gasteiger partial charge in [-0.1, -0.05) is 42.5 Å². The van der Waals surface area contributed by atoms with Crippen LogP contribution >= 0.6 is 0 Å². The maximum absolute atomic E-state index is 14.0. The van der Waals surface area contributed by atoms with Crippen LogP contribution < -0.4 is 14.4 Å². The van der Waals surface area contributed by atoms with Crippen molar-refractivity contribution in [1.29, 1.82) is 0 Å². The third-order valence-electron chi connectivity index (χ3n) is 7.17. The summed E-state index contributed by atoms with van der Waals surface area (Å²) in [6, 6.07) is 17.8. The predicted molar refractivity (Wildman–Crippen MR) is 153 cm³/mol. The van der Waals surface area contributed by atoms with Gasteiger partial charge in [-0.25, -0.2) is 13.2 Å². The van der Waals surface area contributed by atoms with E-state index in [-0.39, 0.29) is 17.3 Å². The minimum Gasteiger partial charge on any atom is -0.496 e. The lowest BCUT2D eigenvalue weighted by molar-refractivity contribution is -0.192. The van der Waals surface area contributed by atoms with Gasteiger partial charge in [0, 0.05) is 30.4 Å². The fourth-order valence-electron chi connectivity index (χ4n) is 5.05. The van der Waals surface area contributed by atoms with Crippen LogP contribution in [0.4, 0.5) is 18.9 Å². The molecule has 1 fully saturated rings. The van der Waals surface area contributed by atoms with E-state index in [9.17, 15) is 26.4 Å². The van der Waals surface area contributed by atoms with Crippen LogP contribution in [0.5, 0.6) is 5.75 Å². The van der Waals surface area contributed by atoms with E-state index in [0.717, 1.165) is 50.2 Å². The fourth-order valence-corrected chi connectivity index (χ4v) is 6.76. The molecule has 0 bridgehead atoms. The zero-order chi connectivity index (χ0) is 31.2. The summed E-state index contributed by atoms with van der Waals surface area (Å²) >= 11 is 0. The third-order valence-corrected chi connectivity index (χ3v) is 9.01. The number of alkyl halides is 3. The first kappa shape index (κ1) is 32.0. The predicted octanol–water partition coefficient (Wildman–Crippen LogP) is 3.61. The average Bonchev–Trinajstić information content (AvgIpc) is 3.40. The number of carboxylic acids is 1. The van der Waals surface area contributed by atoms with E-state index in [4.69, 9.17) is 19.4 Å². The SMILES string of the molecule is COc1ccc(S(=O)(=O)N2CC(C(=O)NCCCN3CCOCC3)c3ccccc32)c2ccccc12.O=C(O)C(F)(F)F. The Morgan fingerprint density at radius 2 is 1.65 bits per heavy atom. The molecule has 10 nitrogen and oxygen atoms in total. The van der Waals surface area contributed by atoms with E-state index < -0.39 is 28.1 Å². The van der Waals surface area contributed by atoms with Gasteiger partial charge in [0.15, 0.2) is 0 Å². The lowest BCUT2D eigenvalue weighted by Gasteiger charge is -2.26. The molecule has 2 aliphatic rings. The van der Waals surface area contributed by atoms with Gasteiger partial charge < -0.3 is 19.9 Å². The number of fused-ring (bicyclic) bond motifs is 2. The molecule has 2 heterocycles. The number of nitrogens with zero attached hydrogens (tertiary/aromatic N) is 2. The highest BCUT2D eigenvalue weighted by molar-refractivity contribution is 7.93. The van der Waals surface area contributed by atoms with Crippen molar-refractivity contribution in [3.63, 3.8) is 0 Å². The Bertz CT molecular complexity index is 1560. The Labute approximate surface area is 247 Å². The number of benzene rings is 3. The number of hydrogen-bond donors (Lipinski definition) is 2. The number of carbonyl (C=O) groups excluding carboxylic acids is 1. The maximum atomic E-state index is 14.0. The van der Waals surface area contributed by atoms with Crippen molar-refractivity contribution < 1.29 is 45.8 Å². The number of ether oxygens (including phenoxy) is 2. The second kappa shape index (κ2) is 13.6. The van der Waals surface area contributed by atoms with E-state index in [0.29, 0.717) is 23.4 Å². The second-order valence-corrected chi connectivity index (χ2v) is 11.7. The number of amides is 1. The maximum Gasteiger partial charge on any atom is 0.490 e. The zero-order valence-electron chi connectivity index (χ0n) is 23.3. The minimum absolute atomic E-state index is 0.0668. The van der Waals surface area contributed by atoms with Crippen molar-refractivity contribution in [3.05, 3.63) is 66.2 Å².